The number of ether oxygens (including phenoxy) is 1. The van der Waals surface area contributed by atoms with Gasteiger partial charge in [0, 0.05) is 17.5 Å². The molecule has 0 heterocycles. The van der Waals surface area contributed by atoms with Gasteiger partial charge in [-0.15, -0.1) is 0 Å². The Kier molecular flexibility index (Phi) is 7.36. The molecular formula is C27H26F3NO2. The summed E-state index contributed by atoms with van der Waals surface area (Å²) in [5, 5.41) is 0. The van der Waals surface area contributed by atoms with Gasteiger partial charge in [0.15, 0.2) is 6.04 Å². The lowest BCUT2D eigenvalue weighted by Gasteiger charge is -2.23. The molecule has 0 N–H and O–H groups in total. The predicted octanol–water partition coefficient (Wildman–Crippen LogP) is 6.50. The summed E-state index contributed by atoms with van der Waals surface area (Å²) in [5.41, 5.74) is 1.35. The molecule has 33 heavy (non-hydrogen) atoms. The minimum absolute atomic E-state index is 0.107. The van der Waals surface area contributed by atoms with Crippen LogP contribution in [0.2, 0.25) is 0 Å². The van der Waals surface area contributed by atoms with Crippen LogP contribution in [0.4, 0.5) is 13.2 Å². The molecule has 6 heteroatoms. The fraction of sp³-hybridized carbons (Fsp3) is 0.259. The van der Waals surface area contributed by atoms with Crippen LogP contribution in [0.5, 0.6) is 0 Å². The Balaban J connectivity index is 2.03. The molecule has 0 spiro atoms. The van der Waals surface area contributed by atoms with Crippen molar-refractivity contribution in [3.05, 3.63) is 107 Å². The molecule has 0 fully saturated rings. The van der Waals surface area contributed by atoms with Crippen LogP contribution >= 0.6 is 0 Å². The number of carbonyl (C=O) groups excluding carboxylic acids is 1. The number of benzene rings is 3. The topological polar surface area (TPSA) is 38.7 Å². The smallest absolute Gasteiger partial charge is 0.416 e. The van der Waals surface area contributed by atoms with E-state index in [4.69, 9.17) is 9.73 Å². The molecule has 0 aliphatic carbocycles. The molecule has 0 amide bonds. The van der Waals surface area contributed by atoms with E-state index < -0.39 is 29.4 Å². The summed E-state index contributed by atoms with van der Waals surface area (Å²) in [7, 11) is 0. The molecule has 0 saturated carbocycles. The maximum atomic E-state index is 13.1. The van der Waals surface area contributed by atoms with Gasteiger partial charge in [-0.2, -0.15) is 13.2 Å². The first-order valence-electron chi connectivity index (χ1n) is 10.6. The number of alkyl halides is 3. The zero-order chi connectivity index (χ0) is 24.1. The third-order valence-corrected chi connectivity index (χ3v) is 4.77. The molecule has 172 valence electrons. The molecule has 0 radical (unpaired) electrons. The normalized spacial score (nSPS) is 12.7. The number of hydrogen-bond acceptors (Lipinski definition) is 3. The van der Waals surface area contributed by atoms with Gasteiger partial charge in [-0.1, -0.05) is 72.8 Å². The van der Waals surface area contributed by atoms with E-state index in [0.717, 1.165) is 23.3 Å². The van der Waals surface area contributed by atoms with E-state index in [9.17, 15) is 18.0 Å². The van der Waals surface area contributed by atoms with E-state index in [1.54, 1.807) is 20.8 Å². The van der Waals surface area contributed by atoms with Gasteiger partial charge in [-0.3, -0.25) is 4.99 Å². The fourth-order valence-corrected chi connectivity index (χ4v) is 3.27. The second-order valence-electron chi connectivity index (χ2n) is 8.66. The van der Waals surface area contributed by atoms with E-state index in [1.165, 1.54) is 12.1 Å². The van der Waals surface area contributed by atoms with Gasteiger partial charge in [0.25, 0.3) is 0 Å². The Morgan fingerprint density at radius 1 is 0.818 bits per heavy atom. The van der Waals surface area contributed by atoms with Crippen molar-refractivity contribution >= 4 is 11.7 Å². The van der Waals surface area contributed by atoms with Crippen LogP contribution < -0.4 is 0 Å². The first-order valence-corrected chi connectivity index (χ1v) is 10.6. The molecule has 0 unspecified atom stereocenters. The molecule has 0 aliphatic rings. The van der Waals surface area contributed by atoms with Gasteiger partial charge in [-0.05, 0) is 38.5 Å². The lowest BCUT2D eigenvalue weighted by atomic mass is 10.00. The Morgan fingerprint density at radius 2 is 1.30 bits per heavy atom. The average molecular weight is 454 g/mol. The van der Waals surface area contributed by atoms with Crippen molar-refractivity contribution in [2.75, 3.05) is 0 Å². The number of hydrogen-bond donors (Lipinski definition) is 0. The highest BCUT2D eigenvalue weighted by atomic mass is 19.4. The Bertz CT molecular complexity index is 1040. The van der Waals surface area contributed by atoms with Crippen molar-refractivity contribution < 1.29 is 22.7 Å². The van der Waals surface area contributed by atoms with Gasteiger partial charge in [-0.25, -0.2) is 4.79 Å². The van der Waals surface area contributed by atoms with E-state index in [2.05, 4.69) is 0 Å². The highest BCUT2D eigenvalue weighted by Gasteiger charge is 2.31. The molecule has 1 atom stereocenters. The maximum Gasteiger partial charge on any atom is 0.416 e. The summed E-state index contributed by atoms with van der Waals surface area (Å²) in [4.78, 5) is 17.9. The van der Waals surface area contributed by atoms with Gasteiger partial charge >= 0.3 is 12.1 Å². The van der Waals surface area contributed by atoms with E-state index in [0.29, 0.717) is 11.3 Å². The van der Waals surface area contributed by atoms with Crippen molar-refractivity contribution in [2.45, 2.75) is 45.0 Å². The van der Waals surface area contributed by atoms with Gasteiger partial charge in [0.1, 0.15) is 5.60 Å². The zero-order valence-corrected chi connectivity index (χ0v) is 18.8. The largest absolute Gasteiger partial charge is 0.458 e. The fourth-order valence-electron chi connectivity index (χ4n) is 3.27. The summed E-state index contributed by atoms with van der Waals surface area (Å²) >= 11 is 0. The predicted molar refractivity (Wildman–Crippen MR) is 123 cm³/mol. The van der Waals surface area contributed by atoms with Crippen molar-refractivity contribution in [3.8, 4) is 0 Å². The van der Waals surface area contributed by atoms with Crippen LogP contribution in [0.1, 0.15) is 43.0 Å². The lowest BCUT2D eigenvalue weighted by Crippen LogP contribution is -2.33. The minimum atomic E-state index is -4.42. The average Bonchev–Trinajstić information content (AvgIpc) is 2.76. The summed E-state index contributed by atoms with van der Waals surface area (Å²) in [6, 6.07) is 22.7. The van der Waals surface area contributed by atoms with Gasteiger partial charge in [0.2, 0.25) is 0 Å². The molecule has 3 aromatic rings. The molecule has 0 saturated heterocycles. The Labute approximate surface area is 191 Å². The van der Waals surface area contributed by atoms with Crippen LogP contribution in [0.3, 0.4) is 0 Å². The molecule has 0 aromatic heterocycles. The van der Waals surface area contributed by atoms with E-state index in [1.807, 2.05) is 60.7 Å². The third-order valence-electron chi connectivity index (χ3n) is 4.77. The van der Waals surface area contributed by atoms with E-state index >= 15 is 0 Å². The summed E-state index contributed by atoms with van der Waals surface area (Å²) < 4.78 is 44.4. The number of aliphatic imine (C=N–C) groups is 1. The monoisotopic (exact) mass is 453 g/mol. The van der Waals surface area contributed by atoms with Crippen LogP contribution in [0.25, 0.3) is 0 Å². The standard InChI is InChI=1S/C27H26F3NO2/c1-26(2,3)33-25(32)23(18-19-14-16-22(17-15-19)27(28,29)30)31-24(20-10-6-4-7-11-20)21-12-8-5-9-13-21/h4-17,23H,18H2,1-3H3/t23-/m1/s1. The first-order chi connectivity index (χ1) is 15.5. The first kappa shape index (κ1) is 24.2. The number of esters is 1. The van der Waals surface area contributed by atoms with Crippen molar-refractivity contribution in [1.82, 2.24) is 0 Å². The summed E-state index contributed by atoms with van der Waals surface area (Å²) in [5.74, 6) is -0.535. The van der Waals surface area contributed by atoms with Gasteiger partial charge in [0.05, 0.1) is 11.3 Å². The lowest BCUT2D eigenvalue weighted by molar-refractivity contribution is -0.156. The van der Waals surface area contributed by atoms with E-state index in [-0.39, 0.29) is 6.42 Å². The highest BCUT2D eigenvalue weighted by molar-refractivity contribution is 6.13. The number of carbonyl (C=O) groups is 1. The second kappa shape index (κ2) is 10.0. The molecule has 3 aromatic carbocycles. The van der Waals surface area contributed by atoms with Crippen molar-refractivity contribution in [1.29, 1.82) is 0 Å². The third kappa shape index (κ3) is 7.04. The zero-order valence-electron chi connectivity index (χ0n) is 18.8. The SMILES string of the molecule is CC(C)(C)OC(=O)[C@@H](Cc1ccc(C(F)(F)F)cc1)N=C(c1ccccc1)c1ccccc1. The quantitative estimate of drug-likeness (QED) is 0.316. The van der Waals surface area contributed by atoms with Gasteiger partial charge < -0.3 is 4.74 Å². The van der Waals surface area contributed by atoms with Crippen LogP contribution in [-0.4, -0.2) is 23.3 Å². The number of rotatable bonds is 6. The maximum absolute atomic E-state index is 13.1. The van der Waals surface area contributed by atoms with Crippen LogP contribution in [-0.2, 0) is 22.1 Å². The Hall–Kier alpha value is -3.41. The minimum Gasteiger partial charge on any atom is -0.458 e. The number of halogens is 3. The van der Waals surface area contributed by atoms with Crippen molar-refractivity contribution in [2.24, 2.45) is 4.99 Å². The van der Waals surface area contributed by atoms with Crippen molar-refractivity contribution in [3.63, 3.8) is 0 Å². The Morgan fingerprint density at radius 3 is 1.73 bits per heavy atom. The van der Waals surface area contributed by atoms with Crippen LogP contribution in [0.15, 0.2) is 89.9 Å². The van der Waals surface area contributed by atoms with Crippen LogP contribution in [0, 0.1) is 0 Å². The second-order valence-corrected chi connectivity index (χ2v) is 8.66. The molecule has 0 aliphatic heterocycles. The molecule has 3 nitrogen and oxygen atoms in total. The number of nitrogens with zero attached hydrogens (tertiary/aromatic N) is 1. The molecular weight excluding hydrogens is 427 g/mol. The molecule has 3 rings (SSSR count). The summed E-state index contributed by atoms with van der Waals surface area (Å²) in [6.45, 7) is 5.29. The highest BCUT2D eigenvalue weighted by Crippen LogP contribution is 2.29. The summed E-state index contributed by atoms with van der Waals surface area (Å²) in [6.07, 6.45) is -4.31. The molecule has 0 bridgehead atoms.